The van der Waals surface area contributed by atoms with Crippen LogP contribution in [0.25, 0.3) is 0 Å². The van der Waals surface area contributed by atoms with Crippen LogP contribution < -0.4 is 5.32 Å². The van der Waals surface area contributed by atoms with Crippen LogP contribution in [0.3, 0.4) is 0 Å². The van der Waals surface area contributed by atoms with Crippen molar-refractivity contribution in [3.63, 3.8) is 0 Å². The van der Waals surface area contributed by atoms with Gasteiger partial charge in [-0.15, -0.1) is 0 Å². The minimum absolute atomic E-state index is 0.354. The van der Waals surface area contributed by atoms with Gasteiger partial charge < -0.3 is 5.32 Å². The number of hydrogen-bond acceptors (Lipinski definition) is 3. The Morgan fingerprint density at radius 3 is 3.00 bits per heavy atom. The summed E-state index contributed by atoms with van der Waals surface area (Å²) < 4.78 is 13.3. The second kappa shape index (κ2) is 4.19. The van der Waals surface area contributed by atoms with E-state index >= 15 is 0 Å². The van der Waals surface area contributed by atoms with E-state index in [0.717, 1.165) is 17.5 Å². The maximum absolute atomic E-state index is 13.3. The van der Waals surface area contributed by atoms with Crippen LogP contribution in [-0.4, -0.2) is 17.5 Å². The highest BCUT2D eigenvalue weighted by Gasteiger charge is 2.09. The fraction of sp³-hybridized carbons (Fsp3) is 0.222. The summed E-state index contributed by atoms with van der Waals surface area (Å²) in [4.78, 5) is 4.16. The number of anilines is 1. The highest BCUT2D eigenvalue weighted by molar-refractivity contribution is 8.14. The van der Waals surface area contributed by atoms with Gasteiger partial charge in [-0.1, -0.05) is 23.4 Å². The summed E-state index contributed by atoms with van der Waals surface area (Å²) in [5.74, 6) is 0.602. The average Bonchev–Trinajstić information content (AvgIpc) is 2.62. The topological polar surface area (TPSA) is 24.4 Å². The first-order valence-corrected chi connectivity index (χ1v) is 5.51. The molecule has 1 N–H and O–H groups in total. The summed E-state index contributed by atoms with van der Waals surface area (Å²) in [5.41, 5.74) is 0.419. The Kier molecular flexibility index (Phi) is 2.93. The third kappa shape index (κ3) is 2.19. The Morgan fingerprint density at radius 1 is 1.50 bits per heavy atom. The second-order valence-electron chi connectivity index (χ2n) is 2.78. The maximum Gasteiger partial charge on any atom is 0.161 e. The lowest BCUT2D eigenvalue weighted by Gasteiger charge is -2.05. The minimum atomic E-state index is -0.354. The highest BCUT2D eigenvalue weighted by atomic mass is 35.5. The molecule has 0 amide bonds. The average molecular weight is 231 g/mol. The van der Waals surface area contributed by atoms with E-state index in [1.807, 2.05) is 0 Å². The van der Waals surface area contributed by atoms with E-state index in [9.17, 15) is 4.39 Å². The van der Waals surface area contributed by atoms with Gasteiger partial charge in [0.1, 0.15) is 5.82 Å². The Bertz CT molecular complexity index is 381. The molecule has 1 heterocycles. The molecule has 0 unspecified atom stereocenters. The second-order valence-corrected chi connectivity index (χ2v) is 4.30. The molecular formula is C9H8ClFN2S. The van der Waals surface area contributed by atoms with E-state index in [2.05, 4.69) is 10.3 Å². The number of hydrogen-bond donors (Lipinski definition) is 1. The van der Waals surface area contributed by atoms with Gasteiger partial charge in [0.2, 0.25) is 0 Å². The Hall–Kier alpha value is -0.740. The Morgan fingerprint density at radius 2 is 2.36 bits per heavy atom. The predicted molar refractivity (Wildman–Crippen MR) is 59.8 cm³/mol. The molecule has 0 atom stereocenters. The van der Waals surface area contributed by atoms with Crippen molar-refractivity contribution in [2.24, 2.45) is 4.99 Å². The van der Waals surface area contributed by atoms with Crippen LogP contribution in [0.4, 0.5) is 10.1 Å². The molecule has 0 saturated carbocycles. The third-order valence-electron chi connectivity index (χ3n) is 1.76. The van der Waals surface area contributed by atoms with Gasteiger partial charge in [-0.3, -0.25) is 4.99 Å². The number of amidine groups is 1. The molecule has 2 nitrogen and oxygen atoms in total. The summed E-state index contributed by atoms with van der Waals surface area (Å²) in [6.45, 7) is 0.794. The molecule has 0 fully saturated rings. The molecule has 0 aliphatic carbocycles. The molecule has 74 valence electrons. The van der Waals surface area contributed by atoms with E-state index < -0.39 is 0 Å². The molecule has 0 spiro atoms. The van der Waals surface area contributed by atoms with Gasteiger partial charge in [0, 0.05) is 10.8 Å². The molecule has 1 aliphatic heterocycles. The lowest BCUT2D eigenvalue weighted by molar-refractivity contribution is 0.632. The zero-order valence-electron chi connectivity index (χ0n) is 7.26. The number of nitrogens with one attached hydrogen (secondary N) is 1. The zero-order valence-corrected chi connectivity index (χ0v) is 8.83. The summed E-state index contributed by atoms with van der Waals surface area (Å²) in [6.07, 6.45) is 0. The molecule has 1 aliphatic rings. The molecule has 1 aromatic rings. The molecule has 0 saturated heterocycles. The summed E-state index contributed by atoms with van der Waals surface area (Å²) in [7, 11) is 0. The first kappa shape index (κ1) is 9.80. The monoisotopic (exact) mass is 230 g/mol. The maximum atomic E-state index is 13.3. The number of thioether (sulfide) groups is 1. The predicted octanol–water partition coefficient (Wildman–Crippen LogP) is 2.99. The smallest absolute Gasteiger partial charge is 0.161 e. The number of rotatable bonds is 1. The lowest BCUT2D eigenvalue weighted by atomic mass is 10.3. The van der Waals surface area contributed by atoms with Gasteiger partial charge in [-0.25, -0.2) is 4.39 Å². The van der Waals surface area contributed by atoms with Crippen LogP contribution in [0.5, 0.6) is 0 Å². The summed E-state index contributed by atoms with van der Waals surface area (Å²) >= 11 is 7.22. The van der Waals surface area contributed by atoms with Crippen LogP contribution >= 0.6 is 23.4 Å². The van der Waals surface area contributed by atoms with Crippen molar-refractivity contribution in [2.45, 2.75) is 0 Å². The van der Waals surface area contributed by atoms with Gasteiger partial charge in [-0.2, -0.15) is 0 Å². The number of halogens is 2. The fourth-order valence-corrected chi connectivity index (χ4v) is 2.02. The van der Waals surface area contributed by atoms with Gasteiger partial charge in [-0.05, 0) is 18.2 Å². The van der Waals surface area contributed by atoms with Gasteiger partial charge in [0.25, 0.3) is 0 Å². The van der Waals surface area contributed by atoms with Crippen molar-refractivity contribution < 1.29 is 4.39 Å². The van der Waals surface area contributed by atoms with Crippen LogP contribution in [0, 0.1) is 5.82 Å². The summed E-state index contributed by atoms with van der Waals surface area (Å²) in [6, 6.07) is 4.54. The number of aliphatic imine (C=N–C) groups is 1. The number of nitrogens with zero attached hydrogens (tertiary/aromatic N) is 1. The molecule has 0 radical (unpaired) electrons. The quantitative estimate of drug-likeness (QED) is 0.802. The highest BCUT2D eigenvalue weighted by Crippen LogP contribution is 2.21. The minimum Gasteiger partial charge on any atom is -0.333 e. The molecule has 14 heavy (non-hydrogen) atoms. The van der Waals surface area contributed by atoms with E-state index in [1.165, 1.54) is 6.07 Å². The molecule has 0 bridgehead atoms. The van der Waals surface area contributed by atoms with Crippen LogP contribution in [0.15, 0.2) is 23.2 Å². The van der Waals surface area contributed by atoms with Crippen molar-refractivity contribution in [3.8, 4) is 0 Å². The van der Waals surface area contributed by atoms with Crippen LogP contribution in [0.1, 0.15) is 0 Å². The van der Waals surface area contributed by atoms with Gasteiger partial charge in [0.05, 0.1) is 12.2 Å². The largest absolute Gasteiger partial charge is 0.333 e. The molecule has 0 aromatic heterocycles. The molecule has 1 aromatic carbocycles. The third-order valence-corrected chi connectivity index (χ3v) is 2.88. The normalized spacial score (nSPS) is 15.4. The lowest BCUT2D eigenvalue weighted by Crippen LogP contribution is -2.06. The van der Waals surface area contributed by atoms with Crippen molar-refractivity contribution >= 4 is 34.2 Å². The zero-order chi connectivity index (χ0) is 9.97. The van der Waals surface area contributed by atoms with E-state index in [4.69, 9.17) is 11.6 Å². The Labute approximate surface area is 90.6 Å². The number of benzene rings is 1. The first-order chi connectivity index (χ1) is 6.75. The van der Waals surface area contributed by atoms with Crippen LogP contribution in [0.2, 0.25) is 5.02 Å². The first-order valence-electron chi connectivity index (χ1n) is 4.15. The van der Waals surface area contributed by atoms with E-state index in [0.29, 0.717) is 10.7 Å². The van der Waals surface area contributed by atoms with Crippen molar-refractivity contribution in [2.75, 3.05) is 17.6 Å². The van der Waals surface area contributed by atoms with Gasteiger partial charge in [0.15, 0.2) is 5.17 Å². The fourth-order valence-electron chi connectivity index (χ4n) is 1.12. The van der Waals surface area contributed by atoms with Crippen molar-refractivity contribution in [3.05, 3.63) is 29.0 Å². The molecular weight excluding hydrogens is 223 g/mol. The van der Waals surface area contributed by atoms with Gasteiger partial charge >= 0.3 is 0 Å². The standard InChI is InChI=1S/C9H8ClFN2S/c10-6-1-2-8(7(11)5-6)13-9-12-3-4-14-9/h1-2,5H,3-4H2,(H,12,13). The van der Waals surface area contributed by atoms with Crippen molar-refractivity contribution in [1.29, 1.82) is 0 Å². The SMILES string of the molecule is Fc1cc(Cl)ccc1NC1=NCCS1. The van der Waals surface area contributed by atoms with Crippen LogP contribution in [-0.2, 0) is 0 Å². The molecule has 2 rings (SSSR count). The van der Waals surface area contributed by atoms with E-state index in [1.54, 1.807) is 23.9 Å². The van der Waals surface area contributed by atoms with E-state index in [-0.39, 0.29) is 5.82 Å². The van der Waals surface area contributed by atoms with Crippen molar-refractivity contribution in [1.82, 2.24) is 0 Å². The Balaban J connectivity index is 2.16. The molecule has 5 heteroatoms. The summed E-state index contributed by atoms with van der Waals surface area (Å²) in [5, 5.41) is 4.08.